The Morgan fingerprint density at radius 3 is 1.91 bits per heavy atom. The van der Waals surface area contributed by atoms with Crippen LogP contribution in [0.4, 0.5) is 0 Å². The first kappa shape index (κ1) is 7.64. The second kappa shape index (κ2) is 1.67. The van der Waals surface area contributed by atoms with E-state index in [1.807, 2.05) is 0 Å². The maximum absolute atomic E-state index is 2.49. The number of hydrogen-bond donors (Lipinski definition) is 0. The highest BCUT2D eigenvalue weighted by Gasteiger charge is 2.69. The first-order valence-corrected chi connectivity index (χ1v) is 4.92. The van der Waals surface area contributed by atoms with Crippen LogP contribution in [0.15, 0.2) is 0 Å². The van der Waals surface area contributed by atoms with Gasteiger partial charge in [-0.1, -0.05) is 34.6 Å². The van der Waals surface area contributed by atoms with Gasteiger partial charge in [0.1, 0.15) is 0 Å². The van der Waals surface area contributed by atoms with Crippen LogP contribution in [-0.2, 0) is 0 Å². The predicted molar refractivity (Wildman–Crippen MR) is 48.3 cm³/mol. The van der Waals surface area contributed by atoms with Crippen molar-refractivity contribution in [3.05, 3.63) is 0 Å². The summed E-state index contributed by atoms with van der Waals surface area (Å²) in [6.45, 7) is 12.2. The minimum atomic E-state index is 0.606. The molecule has 0 amide bonds. The third-order valence-electron chi connectivity index (χ3n) is 5.53. The third kappa shape index (κ3) is 0.522. The molecule has 0 saturated heterocycles. The van der Waals surface area contributed by atoms with Gasteiger partial charge in [-0.05, 0) is 35.0 Å². The Morgan fingerprint density at radius 2 is 1.64 bits per heavy atom. The van der Waals surface area contributed by atoms with Gasteiger partial charge in [-0.3, -0.25) is 0 Å². The minimum Gasteiger partial charge on any atom is -0.0619 e. The number of fused-ring (bicyclic) bond motifs is 1. The number of rotatable bonds is 0. The average Bonchev–Trinajstić information content (AvgIpc) is 1.96. The van der Waals surface area contributed by atoms with Crippen molar-refractivity contribution in [2.24, 2.45) is 28.6 Å². The molecular weight excluding hydrogens is 132 g/mol. The lowest BCUT2D eigenvalue weighted by Crippen LogP contribution is -2.70. The molecule has 2 saturated carbocycles. The predicted octanol–water partition coefficient (Wildman–Crippen LogP) is 3.32. The van der Waals surface area contributed by atoms with Gasteiger partial charge in [-0.15, -0.1) is 0 Å². The molecule has 2 fully saturated rings. The van der Waals surface area contributed by atoms with Crippen molar-refractivity contribution < 1.29 is 0 Å². The Morgan fingerprint density at radius 1 is 1.09 bits per heavy atom. The molecule has 2 rings (SSSR count). The van der Waals surface area contributed by atoms with E-state index in [-0.39, 0.29) is 0 Å². The molecule has 64 valence electrons. The molecule has 0 nitrogen and oxygen atoms in total. The van der Waals surface area contributed by atoms with E-state index in [2.05, 4.69) is 34.6 Å². The Hall–Kier alpha value is 0. The zero-order valence-electron chi connectivity index (χ0n) is 8.44. The lowest BCUT2D eigenvalue weighted by molar-refractivity contribution is -0.275. The molecule has 0 radical (unpaired) electrons. The molecule has 0 spiro atoms. The largest absolute Gasteiger partial charge is 0.0619 e. The third-order valence-corrected chi connectivity index (χ3v) is 5.53. The van der Waals surface area contributed by atoms with Crippen LogP contribution in [0, 0.1) is 28.6 Å². The fourth-order valence-electron chi connectivity index (χ4n) is 3.81. The Bertz CT molecular complexity index is 192. The van der Waals surface area contributed by atoms with E-state index < -0.39 is 0 Å². The molecule has 0 aliphatic heterocycles. The van der Waals surface area contributed by atoms with Gasteiger partial charge in [-0.2, -0.15) is 0 Å². The van der Waals surface area contributed by atoms with E-state index in [1.165, 1.54) is 6.42 Å². The lowest BCUT2D eigenvalue weighted by Gasteiger charge is -2.75. The first-order valence-electron chi connectivity index (χ1n) is 4.92. The van der Waals surface area contributed by atoms with E-state index in [9.17, 15) is 0 Å². The molecule has 2 aliphatic carbocycles. The van der Waals surface area contributed by atoms with E-state index in [0.29, 0.717) is 10.8 Å². The van der Waals surface area contributed by atoms with Gasteiger partial charge in [0, 0.05) is 0 Å². The van der Waals surface area contributed by atoms with Crippen molar-refractivity contribution >= 4 is 0 Å². The van der Waals surface area contributed by atoms with Crippen molar-refractivity contribution in [1.82, 2.24) is 0 Å². The zero-order chi connectivity index (χ0) is 8.44. The quantitative estimate of drug-likeness (QED) is 0.499. The molecule has 0 aromatic carbocycles. The summed E-state index contributed by atoms with van der Waals surface area (Å²) < 4.78 is 0. The van der Waals surface area contributed by atoms with Crippen LogP contribution in [0.25, 0.3) is 0 Å². The lowest BCUT2D eigenvalue weighted by atomic mass is 9.29. The van der Waals surface area contributed by atoms with Gasteiger partial charge < -0.3 is 0 Å². The maximum Gasteiger partial charge on any atom is -0.0215 e. The topological polar surface area (TPSA) is 0 Å². The summed E-state index contributed by atoms with van der Waals surface area (Å²) in [7, 11) is 0. The van der Waals surface area contributed by atoms with Crippen LogP contribution in [0.5, 0.6) is 0 Å². The molecule has 0 aromatic heterocycles. The SMILES string of the molecule is CC1C2CC(C)[C@@]2(C)C1(C)C. The first-order chi connectivity index (χ1) is 4.92. The molecule has 11 heavy (non-hydrogen) atoms. The van der Waals surface area contributed by atoms with E-state index in [1.54, 1.807) is 0 Å². The van der Waals surface area contributed by atoms with Crippen molar-refractivity contribution in [3.8, 4) is 0 Å². The zero-order valence-corrected chi connectivity index (χ0v) is 8.44. The van der Waals surface area contributed by atoms with Crippen LogP contribution in [-0.4, -0.2) is 0 Å². The van der Waals surface area contributed by atoms with Gasteiger partial charge in [-0.25, -0.2) is 0 Å². The molecule has 0 aromatic rings. The standard InChI is InChI=1S/C11H20/c1-7-6-9-8(2)10(3,4)11(7,9)5/h7-9H,6H2,1-5H3/t7?,8?,9?,11-/m1/s1. The summed E-state index contributed by atoms with van der Waals surface area (Å²) in [6, 6.07) is 0. The monoisotopic (exact) mass is 152 g/mol. The van der Waals surface area contributed by atoms with E-state index in [4.69, 9.17) is 0 Å². The highest BCUT2D eigenvalue weighted by atomic mass is 14.7. The molecule has 3 unspecified atom stereocenters. The normalized spacial score (nSPS) is 59.2. The van der Waals surface area contributed by atoms with E-state index >= 15 is 0 Å². The minimum absolute atomic E-state index is 0.606. The van der Waals surface area contributed by atoms with E-state index in [0.717, 1.165) is 17.8 Å². The molecule has 0 heteroatoms. The molecular formula is C11H20. The second-order valence-corrected chi connectivity index (χ2v) is 5.54. The number of hydrogen-bond acceptors (Lipinski definition) is 0. The summed E-state index contributed by atoms with van der Waals surface area (Å²) in [5.41, 5.74) is 1.29. The summed E-state index contributed by atoms with van der Waals surface area (Å²) in [5, 5.41) is 0. The van der Waals surface area contributed by atoms with Crippen LogP contribution in [0.2, 0.25) is 0 Å². The van der Waals surface area contributed by atoms with Gasteiger partial charge in [0.25, 0.3) is 0 Å². The highest BCUT2D eigenvalue weighted by molar-refractivity contribution is 5.17. The van der Waals surface area contributed by atoms with Crippen molar-refractivity contribution in [2.75, 3.05) is 0 Å². The Balaban J connectivity index is 2.27. The van der Waals surface area contributed by atoms with Gasteiger partial charge in [0.2, 0.25) is 0 Å². The van der Waals surface area contributed by atoms with Crippen molar-refractivity contribution in [3.63, 3.8) is 0 Å². The summed E-state index contributed by atoms with van der Waals surface area (Å²) in [6.07, 6.45) is 1.49. The van der Waals surface area contributed by atoms with Crippen LogP contribution < -0.4 is 0 Å². The van der Waals surface area contributed by atoms with Gasteiger partial charge in [0.15, 0.2) is 0 Å². The van der Waals surface area contributed by atoms with Gasteiger partial charge >= 0.3 is 0 Å². The fourth-order valence-corrected chi connectivity index (χ4v) is 3.81. The molecule has 2 aliphatic rings. The highest BCUT2D eigenvalue weighted by Crippen LogP contribution is 2.76. The van der Waals surface area contributed by atoms with Crippen molar-refractivity contribution in [1.29, 1.82) is 0 Å². The summed E-state index contributed by atoms with van der Waals surface area (Å²) in [4.78, 5) is 0. The Labute approximate surface area is 70.4 Å². The maximum atomic E-state index is 2.49. The van der Waals surface area contributed by atoms with Crippen molar-refractivity contribution in [2.45, 2.75) is 41.0 Å². The van der Waals surface area contributed by atoms with Crippen LogP contribution in [0.3, 0.4) is 0 Å². The fraction of sp³-hybridized carbons (Fsp3) is 1.00. The smallest absolute Gasteiger partial charge is 0.0215 e. The van der Waals surface area contributed by atoms with Crippen LogP contribution in [0.1, 0.15) is 41.0 Å². The molecule has 0 bridgehead atoms. The average molecular weight is 152 g/mol. The summed E-state index contributed by atoms with van der Waals surface area (Å²) >= 11 is 0. The molecule has 0 heterocycles. The second-order valence-electron chi connectivity index (χ2n) is 5.54. The Kier molecular flexibility index (Phi) is 1.16. The molecule has 0 N–H and O–H groups in total. The molecule has 4 atom stereocenters. The summed E-state index contributed by atoms with van der Waals surface area (Å²) in [5.74, 6) is 2.98. The van der Waals surface area contributed by atoms with Gasteiger partial charge in [0.05, 0.1) is 0 Å². The van der Waals surface area contributed by atoms with Crippen LogP contribution >= 0.6 is 0 Å².